The second-order valence-electron chi connectivity index (χ2n) is 20.3. The zero-order valence-electron chi connectivity index (χ0n) is 44.7. The molecule has 11 rings (SSSR count). The summed E-state index contributed by atoms with van der Waals surface area (Å²) in [6.45, 7) is 14.7. The van der Waals surface area contributed by atoms with Gasteiger partial charge in [0.15, 0.2) is 0 Å². The number of benzene rings is 7. The topological polar surface area (TPSA) is 43.9 Å². The fourth-order valence-electron chi connectivity index (χ4n) is 9.94. The van der Waals surface area contributed by atoms with Crippen molar-refractivity contribution in [3.63, 3.8) is 0 Å². The van der Waals surface area contributed by atoms with E-state index in [1.165, 1.54) is 46.5 Å². The Morgan fingerprint density at radius 2 is 1.42 bits per heavy atom. The van der Waals surface area contributed by atoms with E-state index in [2.05, 4.69) is 159 Å². The molecule has 10 aromatic rings. The molecule has 7 aromatic carbocycles. The van der Waals surface area contributed by atoms with Gasteiger partial charge in [-0.3, -0.25) is 9.37 Å². The Kier molecular flexibility index (Phi) is 13.6. The van der Waals surface area contributed by atoms with Crippen LogP contribution in [-0.4, -0.2) is 14.5 Å². The summed E-state index contributed by atoms with van der Waals surface area (Å²) in [7, 11) is 0. The molecule has 4 nitrogen and oxygen atoms in total. The van der Waals surface area contributed by atoms with Crippen LogP contribution in [0.5, 0.6) is 0 Å². The largest absolute Gasteiger partial charge is 0.501 e. The Hall–Kier alpha value is -6.46. The smallest absolute Gasteiger partial charge is 0.121 e. The number of hydrogen-bond acceptors (Lipinski definition) is 3. The van der Waals surface area contributed by atoms with E-state index in [1.807, 2.05) is 32.9 Å². The van der Waals surface area contributed by atoms with Crippen molar-refractivity contribution in [1.82, 2.24) is 14.5 Å². The molecule has 1 saturated carbocycles. The fourth-order valence-corrected chi connectivity index (χ4v) is 9.94. The average molecular weight is 1120 g/mol. The molecule has 71 heavy (non-hydrogen) atoms. The van der Waals surface area contributed by atoms with Crippen LogP contribution in [-0.2, 0) is 26.5 Å². The first kappa shape index (κ1) is 45.7. The van der Waals surface area contributed by atoms with Gasteiger partial charge in [0.25, 0.3) is 0 Å². The normalized spacial score (nSPS) is 14.5. The van der Waals surface area contributed by atoms with Crippen molar-refractivity contribution in [2.75, 3.05) is 0 Å². The van der Waals surface area contributed by atoms with Gasteiger partial charge in [-0.25, -0.2) is 0 Å². The van der Waals surface area contributed by atoms with E-state index in [4.69, 9.17) is 12.1 Å². The number of imidazole rings is 1. The van der Waals surface area contributed by atoms with E-state index in [0.29, 0.717) is 16.8 Å². The first-order chi connectivity index (χ1) is 35.0. The van der Waals surface area contributed by atoms with Gasteiger partial charge in [-0.2, -0.15) is 0 Å². The summed E-state index contributed by atoms with van der Waals surface area (Å²) in [5, 5.41) is 2.14. The van der Waals surface area contributed by atoms with E-state index < -0.39 is 17.7 Å². The molecule has 1 aliphatic rings. The van der Waals surface area contributed by atoms with Gasteiger partial charge in [0, 0.05) is 47.3 Å². The summed E-state index contributed by atoms with van der Waals surface area (Å²) >= 11 is 0. The molecule has 6 heteroatoms. The maximum absolute atomic E-state index is 12.9. The Morgan fingerprint density at radius 3 is 2.11 bits per heavy atom. The molecule has 361 valence electrons. The van der Waals surface area contributed by atoms with Crippen LogP contribution >= 0.6 is 0 Å². The third-order valence-electron chi connectivity index (χ3n) is 13.4. The number of nitrogens with zero attached hydrogens (tertiary/aromatic N) is 3. The summed E-state index contributed by atoms with van der Waals surface area (Å²) in [4.78, 5) is 9.56. The van der Waals surface area contributed by atoms with Gasteiger partial charge in [-0.1, -0.05) is 169 Å². The van der Waals surface area contributed by atoms with Gasteiger partial charge in [-0.05, 0) is 123 Å². The van der Waals surface area contributed by atoms with E-state index in [1.54, 1.807) is 24.4 Å². The molecule has 0 N–H and O–H groups in total. The molecule has 0 aliphatic heterocycles. The zero-order valence-corrected chi connectivity index (χ0v) is 44.1. The number of rotatable bonds is 9. The van der Waals surface area contributed by atoms with Crippen LogP contribution in [0.2, 0.25) is 0 Å². The van der Waals surface area contributed by atoms with E-state index in [0.717, 1.165) is 86.7 Å². The van der Waals surface area contributed by atoms with Crippen molar-refractivity contribution in [2.24, 2.45) is 5.41 Å². The van der Waals surface area contributed by atoms with Crippen molar-refractivity contribution in [3.05, 3.63) is 198 Å². The van der Waals surface area contributed by atoms with E-state index in [9.17, 15) is 5.76 Å². The Balaban J connectivity index is 0.000000270. The third-order valence-corrected chi connectivity index (χ3v) is 13.4. The molecule has 0 saturated heterocycles. The number of para-hydroxylation sites is 2. The van der Waals surface area contributed by atoms with Crippen LogP contribution in [0.3, 0.4) is 0 Å². The van der Waals surface area contributed by atoms with Gasteiger partial charge in [0.1, 0.15) is 5.58 Å². The van der Waals surface area contributed by atoms with E-state index >= 15 is 0 Å². The van der Waals surface area contributed by atoms with Gasteiger partial charge in [-0.15, -0.1) is 48.0 Å². The Bertz CT molecular complexity index is 3560. The molecular formula is C65H62FIrN3O-2. The molecule has 0 amide bonds. The molecule has 0 bridgehead atoms. The Morgan fingerprint density at radius 1 is 0.732 bits per heavy atom. The molecule has 0 spiro atoms. The molecule has 0 atom stereocenters. The standard InChI is InChI=1S/C49H45N2O.C16H17FN.Ir/c1-31(2)42-28-38(36-24-22-35(23-25-36)33-14-7-5-8-15-33)29-43(32(3)4)47(42)51-45-21-12-11-20-44(45)50-49(51)41-19-13-18-40-39-27-26-37(30-46(39)52-48(40)41)34-16-9-6-10-17-34;1-16(2,3)11-12-8-9-18-15(10-12)13-4-6-14(17)7-5-13;/h6,9-13,16-18,20-33H,5,7-8,14-15H2,1-4H3;4,6-10H,11H2,1-3H3;/q2*-1;/i33D;11D2;. The second-order valence-corrected chi connectivity index (χ2v) is 20.3. The molecule has 1 fully saturated rings. The summed E-state index contributed by atoms with van der Waals surface area (Å²) < 4.78 is 47.8. The van der Waals surface area contributed by atoms with Crippen molar-refractivity contribution in [2.45, 2.75) is 105 Å². The number of hydrogen-bond donors (Lipinski definition) is 0. The van der Waals surface area contributed by atoms with Gasteiger partial charge < -0.3 is 14.0 Å². The maximum Gasteiger partial charge on any atom is 0.121 e. The van der Waals surface area contributed by atoms with Crippen LogP contribution in [0.25, 0.3) is 83.6 Å². The average Bonchev–Trinajstić information content (AvgIpc) is 3.97. The molecule has 1 radical (unpaired) electrons. The van der Waals surface area contributed by atoms with Crippen LogP contribution in [0, 0.1) is 23.4 Å². The number of aromatic nitrogens is 3. The third kappa shape index (κ3) is 10.6. The minimum Gasteiger partial charge on any atom is -0.501 e. The molecular weight excluding hydrogens is 1050 g/mol. The van der Waals surface area contributed by atoms with Crippen LogP contribution in [0.4, 0.5) is 4.39 Å². The second kappa shape index (κ2) is 21.1. The minimum absolute atomic E-state index is 0. The minimum atomic E-state index is -1.48. The predicted octanol–water partition coefficient (Wildman–Crippen LogP) is 18.3. The molecule has 1 aliphatic carbocycles. The summed E-state index contributed by atoms with van der Waals surface area (Å²) in [5.74, 6) is 0.507. The first-order valence-electron chi connectivity index (χ1n) is 26.3. The number of pyridine rings is 1. The zero-order chi connectivity index (χ0) is 51.2. The van der Waals surface area contributed by atoms with E-state index in [-0.39, 0.29) is 37.8 Å². The Labute approximate surface area is 437 Å². The van der Waals surface area contributed by atoms with Crippen LogP contribution < -0.4 is 0 Å². The first-order valence-corrected chi connectivity index (χ1v) is 24.8. The molecule has 3 heterocycles. The SMILES string of the molecule is [2H]C([2H])(c1ccnc(-c2[c-]cc(F)cc2)c1)C(C)(C)C.[2H]C1(c2ccc(-c3cc(C(C)C)c(-n4c(-c5[c-]ccc6c5oc5cc(-c7ccccc7)ccc56)nc5ccccc54)c(C(C)C)c3)cc2)CCCCC1.[Ir]. The van der Waals surface area contributed by atoms with Gasteiger partial charge in [0.2, 0.25) is 0 Å². The number of furan rings is 1. The summed E-state index contributed by atoms with van der Waals surface area (Å²) in [6.07, 6.45) is 5.53. The quantitative estimate of drug-likeness (QED) is 0.135. The summed E-state index contributed by atoms with van der Waals surface area (Å²) in [6, 6.07) is 57.1. The van der Waals surface area contributed by atoms with Gasteiger partial charge in [0.05, 0.1) is 22.4 Å². The fraction of sp³-hybridized carbons (Fsp3) is 0.262. The van der Waals surface area contributed by atoms with Crippen molar-refractivity contribution in [3.8, 4) is 50.6 Å². The monoisotopic (exact) mass is 1120 g/mol. The maximum atomic E-state index is 12.9. The molecule has 0 unspecified atom stereocenters. The van der Waals surface area contributed by atoms with Crippen LogP contribution in [0.15, 0.2) is 162 Å². The van der Waals surface area contributed by atoms with Gasteiger partial charge >= 0.3 is 0 Å². The van der Waals surface area contributed by atoms with Crippen LogP contribution in [0.1, 0.15) is 125 Å². The number of halogens is 1. The van der Waals surface area contributed by atoms with Crippen molar-refractivity contribution < 1.29 is 33.0 Å². The van der Waals surface area contributed by atoms with Crippen molar-refractivity contribution in [1.29, 1.82) is 0 Å². The summed E-state index contributed by atoms with van der Waals surface area (Å²) in [5.41, 5.74) is 15.3. The predicted molar refractivity (Wildman–Crippen MR) is 289 cm³/mol. The molecule has 3 aromatic heterocycles. The number of fused-ring (bicyclic) bond motifs is 4. The van der Waals surface area contributed by atoms with Crippen molar-refractivity contribution >= 4 is 33.0 Å².